The minimum Gasteiger partial charge on any atom is -0.393 e. The molecule has 2 N–H and O–H groups in total. The van der Waals surface area contributed by atoms with Crippen molar-refractivity contribution in [3.8, 4) is 0 Å². The highest BCUT2D eigenvalue weighted by Crippen LogP contribution is 2.45. The molecule has 0 amide bonds. The summed E-state index contributed by atoms with van der Waals surface area (Å²) < 4.78 is 0. The van der Waals surface area contributed by atoms with E-state index in [0.29, 0.717) is 17.8 Å². The van der Waals surface area contributed by atoms with Crippen molar-refractivity contribution in [1.29, 1.82) is 0 Å². The summed E-state index contributed by atoms with van der Waals surface area (Å²) >= 11 is 0. The quantitative estimate of drug-likeness (QED) is 0.544. The van der Waals surface area contributed by atoms with Gasteiger partial charge in [-0.05, 0) is 37.0 Å². The molecule has 11 heavy (non-hydrogen) atoms. The van der Waals surface area contributed by atoms with Crippen LogP contribution in [0.25, 0.3) is 0 Å². The predicted molar refractivity (Wildman–Crippen MR) is 42.0 cm³/mol. The fourth-order valence-electron chi connectivity index (χ4n) is 2.79. The van der Waals surface area contributed by atoms with Gasteiger partial charge in [0.1, 0.15) is 0 Å². The fraction of sp³-hybridized carbons (Fsp3) is 1.00. The molecule has 0 radical (unpaired) electrons. The van der Waals surface area contributed by atoms with E-state index in [1.807, 2.05) is 0 Å². The van der Waals surface area contributed by atoms with Gasteiger partial charge < -0.3 is 10.2 Å². The first kappa shape index (κ1) is 7.56. The van der Waals surface area contributed by atoms with Gasteiger partial charge in [0.25, 0.3) is 0 Å². The molecule has 0 saturated heterocycles. The van der Waals surface area contributed by atoms with Gasteiger partial charge in [-0.3, -0.25) is 0 Å². The molecule has 5 atom stereocenters. The Balaban J connectivity index is 2.13. The number of hydrogen-bond donors (Lipinski definition) is 2. The van der Waals surface area contributed by atoms with Gasteiger partial charge in [-0.25, -0.2) is 0 Å². The van der Waals surface area contributed by atoms with Crippen molar-refractivity contribution in [2.24, 2.45) is 17.8 Å². The van der Waals surface area contributed by atoms with Crippen LogP contribution >= 0.6 is 0 Å². The van der Waals surface area contributed by atoms with Crippen LogP contribution in [0.2, 0.25) is 0 Å². The van der Waals surface area contributed by atoms with E-state index >= 15 is 0 Å². The average molecular weight is 156 g/mol. The molecule has 2 nitrogen and oxygen atoms in total. The van der Waals surface area contributed by atoms with E-state index in [9.17, 15) is 10.2 Å². The van der Waals surface area contributed by atoms with Gasteiger partial charge in [0.2, 0.25) is 0 Å². The zero-order valence-electron chi connectivity index (χ0n) is 6.90. The van der Waals surface area contributed by atoms with E-state index in [2.05, 4.69) is 6.92 Å². The van der Waals surface area contributed by atoms with Crippen molar-refractivity contribution in [3.63, 3.8) is 0 Å². The second-order valence-electron chi connectivity index (χ2n) is 4.23. The lowest BCUT2D eigenvalue weighted by molar-refractivity contribution is 0.0657. The van der Waals surface area contributed by atoms with Gasteiger partial charge in [-0.2, -0.15) is 0 Å². The van der Waals surface area contributed by atoms with Crippen LogP contribution in [-0.2, 0) is 0 Å². The molecule has 64 valence electrons. The second-order valence-corrected chi connectivity index (χ2v) is 4.23. The molecule has 0 aromatic carbocycles. The summed E-state index contributed by atoms with van der Waals surface area (Å²) in [5, 5.41) is 19.1. The van der Waals surface area contributed by atoms with Crippen molar-refractivity contribution in [2.45, 2.75) is 38.4 Å². The highest BCUT2D eigenvalue weighted by atomic mass is 16.3. The monoisotopic (exact) mass is 156 g/mol. The average Bonchev–Trinajstić information content (AvgIpc) is 2.16. The molecule has 2 aliphatic rings. The van der Waals surface area contributed by atoms with Crippen molar-refractivity contribution in [2.75, 3.05) is 0 Å². The summed E-state index contributed by atoms with van der Waals surface area (Å²) in [5.74, 6) is 1.38. The zero-order chi connectivity index (χ0) is 8.01. The first-order chi connectivity index (χ1) is 5.18. The molecule has 0 aromatic heterocycles. The minimum absolute atomic E-state index is 0.140. The maximum absolute atomic E-state index is 9.67. The Bertz CT molecular complexity index is 138. The van der Waals surface area contributed by atoms with Gasteiger partial charge >= 0.3 is 0 Å². The molecular formula is C9H16O2. The van der Waals surface area contributed by atoms with Crippen molar-refractivity contribution in [3.05, 3.63) is 0 Å². The molecule has 0 aromatic rings. The molecule has 2 bridgehead atoms. The SMILES string of the molecule is CC1C2CC(O)CC(C2)C1O. The number of rotatable bonds is 0. The summed E-state index contributed by atoms with van der Waals surface area (Å²) in [6.45, 7) is 2.10. The Morgan fingerprint density at radius 1 is 1.00 bits per heavy atom. The van der Waals surface area contributed by atoms with E-state index in [0.717, 1.165) is 19.3 Å². The van der Waals surface area contributed by atoms with E-state index in [-0.39, 0.29) is 12.2 Å². The molecule has 5 unspecified atom stereocenters. The van der Waals surface area contributed by atoms with Crippen LogP contribution in [0.1, 0.15) is 26.2 Å². The largest absolute Gasteiger partial charge is 0.393 e. The lowest BCUT2D eigenvalue weighted by atomic mass is 9.86. The summed E-state index contributed by atoms with van der Waals surface area (Å²) in [4.78, 5) is 0. The van der Waals surface area contributed by atoms with Gasteiger partial charge in [0.05, 0.1) is 12.2 Å². The number of aliphatic hydroxyl groups excluding tert-OH is 2. The molecule has 2 heteroatoms. The first-order valence-electron chi connectivity index (χ1n) is 4.54. The highest BCUT2D eigenvalue weighted by Gasteiger charge is 2.44. The molecule has 0 aliphatic heterocycles. The van der Waals surface area contributed by atoms with Crippen LogP contribution in [-0.4, -0.2) is 22.4 Å². The maximum Gasteiger partial charge on any atom is 0.0597 e. The molecule has 2 rings (SSSR count). The molecule has 2 fully saturated rings. The molecule has 2 aliphatic carbocycles. The third-order valence-electron chi connectivity index (χ3n) is 3.52. The Morgan fingerprint density at radius 2 is 1.64 bits per heavy atom. The van der Waals surface area contributed by atoms with E-state index < -0.39 is 0 Å². The number of hydrogen-bond acceptors (Lipinski definition) is 2. The van der Waals surface area contributed by atoms with Gasteiger partial charge in [-0.1, -0.05) is 6.92 Å². The van der Waals surface area contributed by atoms with Crippen LogP contribution in [0.5, 0.6) is 0 Å². The molecule has 0 heterocycles. The van der Waals surface area contributed by atoms with Crippen LogP contribution in [0.15, 0.2) is 0 Å². The summed E-state index contributed by atoms with van der Waals surface area (Å²) in [6.07, 6.45) is 2.59. The van der Waals surface area contributed by atoms with Crippen molar-refractivity contribution in [1.82, 2.24) is 0 Å². The maximum atomic E-state index is 9.67. The fourth-order valence-corrected chi connectivity index (χ4v) is 2.79. The summed E-state index contributed by atoms with van der Waals surface area (Å²) in [6, 6.07) is 0. The lowest BCUT2D eigenvalue weighted by Crippen LogP contribution is -2.22. The number of fused-ring (bicyclic) bond motifs is 2. The molecular weight excluding hydrogens is 140 g/mol. The first-order valence-corrected chi connectivity index (χ1v) is 4.54. The van der Waals surface area contributed by atoms with Crippen LogP contribution < -0.4 is 0 Å². The summed E-state index contributed by atoms with van der Waals surface area (Å²) in [7, 11) is 0. The Morgan fingerprint density at radius 3 is 2.27 bits per heavy atom. The topological polar surface area (TPSA) is 40.5 Å². The van der Waals surface area contributed by atoms with Gasteiger partial charge in [0, 0.05) is 0 Å². The lowest BCUT2D eigenvalue weighted by Gasteiger charge is -2.23. The second kappa shape index (κ2) is 2.46. The van der Waals surface area contributed by atoms with E-state index in [4.69, 9.17) is 0 Å². The van der Waals surface area contributed by atoms with Crippen LogP contribution in [0, 0.1) is 17.8 Å². The Hall–Kier alpha value is -0.0800. The number of aliphatic hydroxyl groups is 2. The van der Waals surface area contributed by atoms with Crippen LogP contribution in [0.4, 0.5) is 0 Å². The Labute approximate surface area is 67.2 Å². The highest BCUT2D eigenvalue weighted by molar-refractivity contribution is 4.94. The van der Waals surface area contributed by atoms with E-state index in [1.165, 1.54) is 0 Å². The van der Waals surface area contributed by atoms with Crippen molar-refractivity contribution < 1.29 is 10.2 Å². The van der Waals surface area contributed by atoms with E-state index in [1.54, 1.807) is 0 Å². The van der Waals surface area contributed by atoms with Crippen molar-refractivity contribution >= 4 is 0 Å². The predicted octanol–water partition coefficient (Wildman–Crippen LogP) is 0.774. The summed E-state index contributed by atoms with van der Waals surface area (Å²) in [5.41, 5.74) is 0. The Kier molecular flexibility index (Phi) is 1.69. The minimum atomic E-state index is -0.142. The molecule has 0 spiro atoms. The third kappa shape index (κ3) is 1.09. The standard InChI is InChI=1S/C9H16O2/c1-5-6-2-7(9(5)11)4-8(10)3-6/h5-11H,2-4H2,1H3. The van der Waals surface area contributed by atoms with Crippen LogP contribution in [0.3, 0.4) is 0 Å². The van der Waals surface area contributed by atoms with Gasteiger partial charge in [-0.15, -0.1) is 0 Å². The third-order valence-corrected chi connectivity index (χ3v) is 3.52. The smallest absolute Gasteiger partial charge is 0.0597 e. The zero-order valence-corrected chi connectivity index (χ0v) is 6.90. The molecule has 2 saturated carbocycles. The van der Waals surface area contributed by atoms with Gasteiger partial charge in [0.15, 0.2) is 0 Å². The normalized spacial score (nSPS) is 56.5.